The fourth-order valence-electron chi connectivity index (χ4n) is 0.649. The van der Waals surface area contributed by atoms with Crippen molar-refractivity contribution in [1.29, 1.82) is 0 Å². The third-order valence-electron chi connectivity index (χ3n) is 1.27. The van der Waals surface area contributed by atoms with Crippen LogP contribution in [0.25, 0.3) is 0 Å². The summed E-state index contributed by atoms with van der Waals surface area (Å²) in [7, 11) is 0.210. The molecule has 0 heterocycles. The molecule has 0 aliphatic heterocycles. The van der Waals surface area contributed by atoms with Crippen molar-refractivity contribution >= 4 is 9.28 Å². The van der Waals surface area contributed by atoms with Crippen LogP contribution in [0.15, 0.2) is 0 Å². The van der Waals surface area contributed by atoms with Crippen molar-refractivity contribution < 1.29 is 13.6 Å². The first-order valence-electron chi connectivity index (χ1n) is 4.00. The van der Waals surface area contributed by atoms with Gasteiger partial charge in [-0.3, -0.25) is 0 Å². The predicted molar refractivity (Wildman–Crippen MR) is 46.8 cm³/mol. The van der Waals surface area contributed by atoms with Crippen molar-refractivity contribution in [3.63, 3.8) is 0 Å². The van der Waals surface area contributed by atoms with Crippen LogP contribution in [0.1, 0.15) is 20.3 Å². The van der Waals surface area contributed by atoms with E-state index in [1.54, 1.807) is 7.11 Å². The Hall–Kier alpha value is 0.0969. The first kappa shape index (κ1) is 11.1. The fourth-order valence-corrected chi connectivity index (χ4v) is 1.95. The van der Waals surface area contributed by atoms with E-state index in [-0.39, 0.29) is 6.29 Å². The maximum absolute atomic E-state index is 5.40. The lowest BCUT2D eigenvalue weighted by molar-refractivity contribution is -0.0540. The van der Waals surface area contributed by atoms with E-state index in [0.29, 0.717) is 0 Å². The second-order valence-electron chi connectivity index (χ2n) is 2.38. The third-order valence-corrected chi connectivity index (χ3v) is 2.74. The van der Waals surface area contributed by atoms with Crippen molar-refractivity contribution in [3.05, 3.63) is 0 Å². The van der Waals surface area contributed by atoms with Crippen LogP contribution in [-0.2, 0) is 13.6 Å². The maximum Gasteiger partial charge on any atom is 0.320 e. The minimum absolute atomic E-state index is 0.131. The van der Waals surface area contributed by atoms with Crippen LogP contribution >= 0.6 is 0 Å². The summed E-state index contributed by atoms with van der Waals surface area (Å²) < 4.78 is 15.7. The van der Waals surface area contributed by atoms with Crippen LogP contribution in [0, 0.1) is 0 Å². The molecular weight excluding hydrogens is 160 g/mol. The van der Waals surface area contributed by atoms with E-state index < -0.39 is 9.28 Å². The Labute approximate surface area is 70.5 Å². The molecule has 0 rings (SSSR count). The predicted octanol–water partition coefficient (Wildman–Crippen LogP) is 1.27. The molecular formula is C7H18O3Si. The Bertz CT molecular complexity index is 89.8. The zero-order valence-electron chi connectivity index (χ0n) is 7.79. The Kier molecular flexibility index (Phi) is 6.85. The summed E-state index contributed by atoms with van der Waals surface area (Å²) in [4.78, 5) is 0. The van der Waals surface area contributed by atoms with Gasteiger partial charge in [0.05, 0.1) is 0 Å². The molecule has 11 heavy (non-hydrogen) atoms. The number of rotatable bonds is 6. The summed E-state index contributed by atoms with van der Waals surface area (Å²) in [6.45, 7) is 6.76. The lowest BCUT2D eigenvalue weighted by Crippen LogP contribution is -2.25. The minimum atomic E-state index is -1.42. The monoisotopic (exact) mass is 178 g/mol. The number of methoxy groups -OCH3 is 1. The smallest absolute Gasteiger partial charge is 0.320 e. The Morgan fingerprint density at radius 2 is 2.09 bits per heavy atom. The van der Waals surface area contributed by atoms with E-state index in [4.69, 9.17) is 13.6 Å². The summed E-state index contributed by atoms with van der Waals surface area (Å²) in [5.74, 6) is 0. The first-order chi connectivity index (χ1) is 5.20. The Morgan fingerprint density at radius 3 is 2.55 bits per heavy atom. The average Bonchev–Trinajstić information content (AvgIpc) is 2.00. The quantitative estimate of drug-likeness (QED) is 0.453. The molecule has 0 aromatic heterocycles. The van der Waals surface area contributed by atoms with Gasteiger partial charge < -0.3 is 13.6 Å². The first-order valence-corrected chi connectivity index (χ1v) is 6.10. The van der Waals surface area contributed by atoms with Crippen molar-refractivity contribution in [3.8, 4) is 0 Å². The van der Waals surface area contributed by atoms with Gasteiger partial charge in [0.25, 0.3) is 0 Å². The molecule has 0 amide bonds. The highest BCUT2D eigenvalue weighted by atomic mass is 28.3. The topological polar surface area (TPSA) is 27.7 Å². The van der Waals surface area contributed by atoms with Crippen molar-refractivity contribution in [2.24, 2.45) is 0 Å². The van der Waals surface area contributed by atoms with Crippen LogP contribution in [0.4, 0.5) is 0 Å². The van der Waals surface area contributed by atoms with Gasteiger partial charge in [-0.25, -0.2) is 0 Å². The second-order valence-corrected chi connectivity index (χ2v) is 4.12. The van der Waals surface area contributed by atoms with Crippen molar-refractivity contribution in [2.75, 3.05) is 13.7 Å². The molecule has 0 fully saturated rings. The van der Waals surface area contributed by atoms with Crippen LogP contribution in [-0.4, -0.2) is 29.3 Å². The molecule has 3 nitrogen and oxygen atoms in total. The third kappa shape index (κ3) is 6.49. The molecule has 0 aromatic carbocycles. The van der Waals surface area contributed by atoms with Crippen LogP contribution in [0.5, 0.6) is 0 Å². The summed E-state index contributed by atoms with van der Waals surface area (Å²) in [5, 5.41) is 0. The van der Waals surface area contributed by atoms with Gasteiger partial charge in [-0.2, -0.15) is 0 Å². The molecule has 0 N–H and O–H groups in total. The molecule has 0 spiro atoms. The molecule has 68 valence electrons. The molecule has 0 saturated carbocycles. The summed E-state index contributed by atoms with van der Waals surface area (Å²) in [5.41, 5.74) is 0. The minimum Gasteiger partial charge on any atom is -0.397 e. The Balaban J connectivity index is 3.27. The van der Waals surface area contributed by atoms with Gasteiger partial charge in [-0.1, -0.05) is 6.92 Å². The van der Waals surface area contributed by atoms with Crippen LogP contribution < -0.4 is 0 Å². The highest BCUT2D eigenvalue weighted by Gasteiger charge is 2.08. The lowest BCUT2D eigenvalue weighted by Gasteiger charge is -2.16. The molecule has 0 aliphatic carbocycles. The van der Waals surface area contributed by atoms with E-state index in [1.165, 1.54) is 0 Å². The SMILES string of the molecule is CCCO[SiH](C)OC(C)OC. The molecule has 0 saturated heterocycles. The normalized spacial score (nSPS) is 16.4. The van der Waals surface area contributed by atoms with Gasteiger partial charge in [0.1, 0.15) is 6.29 Å². The van der Waals surface area contributed by atoms with Gasteiger partial charge in [0, 0.05) is 13.7 Å². The summed E-state index contributed by atoms with van der Waals surface area (Å²) in [6.07, 6.45) is 0.913. The average molecular weight is 178 g/mol. The van der Waals surface area contributed by atoms with E-state index in [0.717, 1.165) is 13.0 Å². The highest BCUT2D eigenvalue weighted by Crippen LogP contribution is 1.97. The summed E-state index contributed by atoms with van der Waals surface area (Å²) in [6, 6.07) is 0. The van der Waals surface area contributed by atoms with Gasteiger partial charge in [-0.15, -0.1) is 0 Å². The standard InChI is InChI=1S/C7H18O3Si/c1-5-6-9-11(4)10-7(2)8-3/h7,11H,5-6H2,1-4H3. The molecule has 2 unspecified atom stereocenters. The molecule has 0 aliphatic rings. The zero-order valence-corrected chi connectivity index (χ0v) is 8.95. The molecule has 0 radical (unpaired) electrons. The number of hydrogen-bond acceptors (Lipinski definition) is 3. The van der Waals surface area contributed by atoms with E-state index >= 15 is 0 Å². The van der Waals surface area contributed by atoms with Gasteiger partial charge >= 0.3 is 9.28 Å². The molecule has 2 atom stereocenters. The van der Waals surface area contributed by atoms with Crippen LogP contribution in [0.3, 0.4) is 0 Å². The van der Waals surface area contributed by atoms with Gasteiger partial charge in [-0.05, 0) is 19.9 Å². The zero-order chi connectivity index (χ0) is 8.69. The highest BCUT2D eigenvalue weighted by molar-refractivity contribution is 6.42. The summed E-state index contributed by atoms with van der Waals surface area (Å²) >= 11 is 0. The lowest BCUT2D eigenvalue weighted by atomic mass is 10.5. The van der Waals surface area contributed by atoms with E-state index in [2.05, 4.69) is 6.92 Å². The fraction of sp³-hybridized carbons (Fsp3) is 1.00. The van der Waals surface area contributed by atoms with E-state index in [1.807, 2.05) is 13.5 Å². The molecule has 0 aromatic rings. The number of ether oxygens (including phenoxy) is 1. The maximum atomic E-state index is 5.40. The van der Waals surface area contributed by atoms with E-state index in [9.17, 15) is 0 Å². The number of hydrogen-bond donors (Lipinski definition) is 0. The van der Waals surface area contributed by atoms with Crippen molar-refractivity contribution in [2.45, 2.75) is 33.1 Å². The van der Waals surface area contributed by atoms with Gasteiger partial charge in [0.2, 0.25) is 0 Å². The second kappa shape index (κ2) is 6.79. The largest absolute Gasteiger partial charge is 0.397 e. The Morgan fingerprint density at radius 1 is 1.45 bits per heavy atom. The molecule has 4 heteroatoms. The molecule has 0 bridgehead atoms. The van der Waals surface area contributed by atoms with Crippen molar-refractivity contribution in [1.82, 2.24) is 0 Å². The van der Waals surface area contributed by atoms with Gasteiger partial charge in [0.15, 0.2) is 0 Å². The van der Waals surface area contributed by atoms with Crippen LogP contribution in [0.2, 0.25) is 6.55 Å².